The molecule has 1 aromatic rings. The number of ether oxygens (including phenoxy) is 1. The number of rotatable bonds is 7. The second-order valence-electron chi connectivity index (χ2n) is 3.66. The van der Waals surface area contributed by atoms with E-state index in [0.29, 0.717) is 13.0 Å². The SMILES string of the molecule is CC[C@H](O)c1ccccc1OCCCSC. The first kappa shape index (κ1) is 13.4. The summed E-state index contributed by atoms with van der Waals surface area (Å²) in [5.41, 5.74) is 0.897. The van der Waals surface area contributed by atoms with Crippen LogP contribution < -0.4 is 4.74 Å². The third-order valence-electron chi connectivity index (χ3n) is 2.42. The first-order valence-corrected chi connectivity index (χ1v) is 7.07. The van der Waals surface area contributed by atoms with Crippen LogP contribution in [0.3, 0.4) is 0 Å². The Bertz CT molecular complexity index is 302. The lowest BCUT2D eigenvalue weighted by Crippen LogP contribution is -2.04. The minimum absolute atomic E-state index is 0.420. The number of hydrogen-bond donors (Lipinski definition) is 1. The zero-order valence-electron chi connectivity index (χ0n) is 9.98. The molecule has 3 heteroatoms. The maximum Gasteiger partial charge on any atom is 0.125 e. The Morgan fingerprint density at radius 1 is 1.38 bits per heavy atom. The zero-order chi connectivity index (χ0) is 11.8. The summed E-state index contributed by atoms with van der Waals surface area (Å²) in [6, 6.07) is 7.73. The number of benzene rings is 1. The van der Waals surface area contributed by atoms with Crippen molar-refractivity contribution in [1.29, 1.82) is 0 Å². The molecular formula is C13H20O2S. The topological polar surface area (TPSA) is 29.5 Å². The van der Waals surface area contributed by atoms with Crippen molar-refractivity contribution in [2.75, 3.05) is 18.6 Å². The molecule has 1 N–H and O–H groups in total. The van der Waals surface area contributed by atoms with Gasteiger partial charge in [0.2, 0.25) is 0 Å². The van der Waals surface area contributed by atoms with Crippen molar-refractivity contribution >= 4 is 11.8 Å². The van der Waals surface area contributed by atoms with Crippen LogP contribution in [0.5, 0.6) is 5.75 Å². The molecule has 0 amide bonds. The molecule has 1 aromatic carbocycles. The molecule has 0 aliphatic carbocycles. The smallest absolute Gasteiger partial charge is 0.125 e. The van der Waals surface area contributed by atoms with Gasteiger partial charge < -0.3 is 9.84 Å². The van der Waals surface area contributed by atoms with E-state index in [1.54, 1.807) is 0 Å². The second kappa shape index (κ2) is 7.58. The Morgan fingerprint density at radius 3 is 2.81 bits per heavy atom. The second-order valence-corrected chi connectivity index (χ2v) is 4.64. The van der Waals surface area contributed by atoms with Gasteiger partial charge in [-0.25, -0.2) is 0 Å². The molecule has 0 heterocycles. The number of aliphatic hydroxyl groups is 1. The van der Waals surface area contributed by atoms with Crippen LogP contribution in [-0.2, 0) is 0 Å². The van der Waals surface area contributed by atoms with Gasteiger partial charge in [0, 0.05) is 5.56 Å². The van der Waals surface area contributed by atoms with E-state index in [9.17, 15) is 5.11 Å². The molecular weight excluding hydrogens is 220 g/mol. The van der Waals surface area contributed by atoms with Crippen molar-refractivity contribution in [2.45, 2.75) is 25.9 Å². The van der Waals surface area contributed by atoms with Crippen molar-refractivity contribution in [1.82, 2.24) is 0 Å². The molecule has 0 spiro atoms. The van der Waals surface area contributed by atoms with E-state index in [4.69, 9.17) is 4.74 Å². The van der Waals surface area contributed by atoms with Crippen molar-refractivity contribution < 1.29 is 9.84 Å². The van der Waals surface area contributed by atoms with Crippen molar-refractivity contribution in [3.05, 3.63) is 29.8 Å². The minimum atomic E-state index is -0.420. The molecule has 1 atom stereocenters. The van der Waals surface area contributed by atoms with Crippen LogP contribution in [0.4, 0.5) is 0 Å². The van der Waals surface area contributed by atoms with Gasteiger partial charge >= 0.3 is 0 Å². The maximum atomic E-state index is 9.83. The van der Waals surface area contributed by atoms with Crippen LogP contribution in [0.1, 0.15) is 31.4 Å². The third kappa shape index (κ3) is 4.06. The molecule has 0 saturated heterocycles. The van der Waals surface area contributed by atoms with Crippen LogP contribution in [0.25, 0.3) is 0 Å². The van der Waals surface area contributed by atoms with E-state index in [-0.39, 0.29) is 0 Å². The summed E-state index contributed by atoms with van der Waals surface area (Å²) in [6.45, 7) is 2.68. The van der Waals surface area contributed by atoms with Crippen molar-refractivity contribution in [2.24, 2.45) is 0 Å². The summed E-state index contributed by atoms with van der Waals surface area (Å²) in [4.78, 5) is 0. The number of thioether (sulfide) groups is 1. The van der Waals surface area contributed by atoms with Gasteiger partial charge in [0.15, 0.2) is 0 Å². The fourth-order valence-corrected chi connectivity index (χ4v) is 1.90. The normalized spacial score (nSPS) is 12.4. The van der Waals surface area contributed by atoms with E-state index < -0.39 is 6.10 Å². The number of para-hydroxylation sites is 1. The number of aliphatic hydroxyl groups excluding tert-OH is 1. The maximum absolute atomic E-state index is 9.83. The average molecular weight is 240 g/mol. The molecule has 0 aromatic heterocycles. The summed E-state index contributed by atoms with van der Waals surface area (Å²) < 4.78 is 5.69. The molecule has 0 unspecified atom stereocenters. The van der Waals surface area contributed by atoms with Crippen molar-refractivity contribution in [3.63, 3.8) is 0 Å². The highest BCUT2D eigenvalue weighted by Crippen LogP contribution is 2.26. The summed E-state index contributed by atoms with van der Waals surface area (Å²) in [6.07, 6.45) is 3.43. The Labute approximate surface area is 102 Å². The Balaban J connectivity index is 2.57. The lowest BCUT2D eigenvalue weighted by atomic mass is 10.1. The number of hydrogen-bond acceptors (Lipinski definition) is 3. The van der Waals surface area contributed by atoms with Crippen molar-refractivity contribution in [3.8, 4) is 5.75 Å². The molecule has 0 radical (unpaired) electrons. The van der Waals surface area contributed by atoms with Crippen LogP contribution in [0.2, 0.25) is 0 Å². The molecule has 0 saturated carbocycles. The van der Waals surface area contributed by atoms with Crippen LogP contribution in [0, 0.1) is 0 Å². The van der Waals surface area contributed by atoms with Gasteiger partial charge in [-0.1, -0.05) is 25.1 Å². The monoisotopic (exact) mass is 240 g/mol. The lowest BCUT2D eigenvalue weighted by molar-refractivity contribution is 0.167. The molecule has 90 valence electrons. The van der Waals surface area contributed by atoms with Gasteiger partial charge in [0.05, 0.1) is 12.7 Å². The highest BCUT2D eigenvalue weighted by molar-refractivity contribution is 7.98. The van der Waals surface area contributed by atoms with Crippen LogP contribution in [-0.4, -0.2) is 23.7 Å². The fraction of sp³-hybridized carbons (Fsp3) is 0.538. The Kier molecular flexibility index (Phi) is 6.34. The molecule has 0 aliphatic heterocycles. The molecule has 1 rings (SSSR count). The van der Waals surface area contributed by atoms with E-state index >= 15 is 0 Å². The first-order chi connectivity index (χ1) is 7.79. The summed E-state index contributed by atoms with van der Waals surface area (Å²) in [5.74, 6) is 1.93. The van der Waals surface area contributed by atoms with E-state index in [2.05, 4.69) is 6.26 Å². The largest absolute Gasteiger partial charge is 0.493 e. The van der Waals surface area contributed by atoms with Gasteiger partial charge in [-0.05, 0) is 30.9 Å². The molecule has 0 fully saturated rings. The third-order valence-corrected chi connectivity index (χ3v) is 3.11. The van der Waals surface area contributed by atoms with E-state index in [0.717, 1.165) is 23.5 Å². The quantitative estimate of drug-likeness (QED) is 0.742. The van der Waals surface area contributed by atoms with Gasteiger partial charge in [-0.3, -0.25) is 0 Å². The van der Waals surface area contributed by atoms with Gasteiger partial charge in [-0.15, -0.1) is 0 Å². The minimum Gasteiger partial charge on any atom is -0.493 e. The molecule has 0 bridgehead atoms. The van der Waals surface area contributed by atoms with Crippen LogP contribution in [0.15, 0.2) is 24.3 Å². The van der Waals surface area contributed by atoms with E-state index in [1.165, 1.54) is 0 Å². The van der Waals surface area contributed by atoms with Gasteiger partial charge in [0.1, 0.15) is 5.75 Å². The summed E-state index contributed by atoms with van der Waals surface area (Å²) >= 11 is 1.82. The highest BCUT2D eigenvalue weighted by Gasteiger charge is 2.10. The summed E-state index contributed by atoms with van der Waals surface area (Å²) in [5, 5.41) is 9.83. The van der Waals surface area contributed by atoms with Gasteiger partial charge in [0.25, 0.3) is 0 Å². The standard InChI is InChI=1S/C13H20O2S/c1-3-12(14)11-7-4-5-8-13(11)15-9-6-10-16-2/h4-5,7-8,12,14H,3,6,9-10H2,1-2H3/t12-/m0/s1. The van der Waals surface area contributed by atoms with E-state index in [1.807, 2.05) is 43.0 Å². The predicted molar refractivity (Wildman–Crippen MR) is 70.2 cm³/mol. The average Bonchev–Trinajstić information content (AvgIpc) is 2.34. The fourth-order valence-electron chi connectivity index (χ4n) is 1.49. The zero-order valence-corrected chi connectivity index (χ0v) is 10.8. The molecule has 0 aliphatic rings. The summed E-state index contributed by atoms with van der Waals surface area (Å²) in [7, 11) is 0. The highest BCUT2D eigenvalue weighted by atomic mass is 32.2. The predicted octanol–water partition coefficient (Wildman–Crippen LogP) is 3.26. The Hall–Kier alpha value is -0.670. The van der Waals surface area contributed by atoms with Crippen LogP contribution >= 0.6 is 11.8 Å². The molecule has 2 nitrogen and oxygen atoms in total. The molecule has 16 heavy (non-hydrogen) atoms. The Morgan fingerprint density at radius 2 is 2.12 bits per heavy atom. The van der Waals surface area contributed by atoms with Gasteiger partial charge in [-0.2, -0.15) is 11.8 Å². The first-order valence-electron chi connectivity index (χ1n) is 5.68. The lowest BCUT2D eigenvalue weighted by Gasteiger charge is -2.14.